The van der Waals surface area contributed by atoms with Gasteiger partial charge in [-0.3, -0.25) is 19.4 Å². The largest absolute Gasteiger partial charge is 0.460 e. The van der Waals surface area contributed by atoms with Crippen molar-refractivity contribution in [1.82, 2.24) is 4.98 Å². The fourth-order valence-electron chi connectivity index (χ4n) is 2.27. The van der Waals surface area contributed by atoms with E-state index in [0.717, 1.165) is 17.5 Å². The Kier molecular flexibility index (Phi) is 11.1. The molecule has 0 fully saturated rings. The van der Waals surface area contributed by atoms with Crippen LogP contribution >= 0.6 is 0 Å². The number of rotatable bonds is 8. The highest BCUT2D eigenvalue weighted by Crippen LogP contribution is 2.15. The molecule has 1 heterocycles. The number of nitrogens with zero attached hydrogens (tertiary/aromatic N) is 1. The van der Waals surface area contributed by atoms with Gasteiger partial charge >= 0.3 is 5.97 Å². The number of carbonyl (C=O) groups is 3. The molecule has 6 heteroatoms. The van der Waals surface area contributed by atoms with E-state index in [1.807, 2.05) is 47.6 Å². The van der Waals surface area contributed by atoms with Crippen LogP contribution in [0.2, 0.25) is 0 Å². The van der Waals surface area contributed by atoms with Gasteiger partial charge in [-0.1, -0.05) is 40.3 Å². The van der Waals surface area contributed by atoms with Crippen molar-refractivity contribution in [1.29, 1.82) is 0 Å². The Morgan fingerprint density at radius 1 is 1.24 bits per heavy atom. The molecule has 1 atom stereocenters. The first-order chi connectivity index (χ1) is 13.3. The summed E-state index contributed by atoms with van der Waals surface area (Å²) in [7, 11) is 0. The zero-order chi connectivity index (χ0) is 22.8. The summed E-state index contributed by atoms with van der Waals surface area (Å²) in [5.41, 5.74) is 7.17. The van der Waals surface area contributed by atoms with Crippen molar-refractivity contribution in [2.45, 2.75) is 73.3 Å². The van der Waals surface area contributed by atoms with Crippen molar-refractivity contribution >= 4 is 23.7 Å². The standard InChI is InChI=1S/C13H17NO.C10H19NO3/c1-5-10-7-11(6-2)12(14-8-10)13(15)9(3)4;1-7(9(11)13)5-6-8(12)14-10(2,3)4/h5,7-9H,1,6H2,2-4H3;7H,5-6H2,1-4H3,(H2,11,13). The molecule has 1 amide bonds. The van der Waals surface area contributed by atoms with Crippen molar-refractivity contribution in [2.75, 3.05) is 0 Å². The molecule has 0 bridgehead atoms. The van der Waals surface area contributed by atoms with Crippen LogP contribution in [0.5, 0.6) is 0 Å². The number of aromatic nitrogens is 1. The van der Waals surface area contributed by atoms with Crippen LogP contribution in [0.4, 0.5) is 0 Å². The Morgan fingerprint density at radius 3 is 2.24 bits per heavy atom. The number of hydrogen-bond acceptors (Lipinski definition) is 5. The smallest absolute Gasteiger partial charge is 0.306 e. The van der Waals surface area contributed by atoms with Crippen LogP contribution in [-0.4, -0.2) is 28.2 Å². The molecule has 1 aromatic heterocycles. The maximum absolute atomic E-state index is 11.8. The van der Waals surface area contributed by atoms with E-state index in [1.165, 1.54) is 0 Å². The Hall–Kier alpha value is -2.50. The zero-order valence-electron chi connectivity index (χ0n) is 18.9. The van der Waals surface area contributed by atoms with Gasteiger partial charge in [-0.15, -0.1) is 0 Å². The maximum atomic E-state index is 11.8. The molecule has 0 saturated carbocycles. The third-order valence-corrected chi connectivity index (χ3v) is 4.05. The number of amides is 1. The van der Waals surface area contributed by atoms with Crippen molar-refractivity contribution in [3.05, 3.63) is 35.7 Å². The number of pyridine rings is 1. The molecule has 0 aliphatic carbocycles. The Balaban J connectivity index is 0.000000543. The lowest BCUT2D eigenvalue weighted by atomic mass is 9.99. The lowest BCUT2D eigenvalue weighted by molar-refractivity contribution is -0.155. The molecule has 0 saturated heterocycles. The summed E-state index contributed by atoms with van der Waals surface area (Å²) in [6, 6.07) is 1.98. The van der Waals surface area contributed by atoms with E-state index in [1.54, 1.807) is 19.2 Å². The van der Waals surface area contributed by atoms with Crippen LogP contribution in [0, 0.1) is 11.8 Å². The average Bonchev–Trinajstić information content (AvgIpc) is 2.63. The van der Waals surface area contributed by atoms with Crippen LogP contribution in [-0.2, 0) is 20.7 Å². The van der Waals surface area contributed by atoms with Gasteiger partial charge in [0.1, 0.15) is 11.3 Å². The molecule has 0 aliphatic rings. The number of nitrogens with two attached hydrogens (primary N) is 1. The van der Waals surface area contributed by atoms with E-state index in [9.17, 15) is 14.4 Å². The molecule has 162 valence electrons. The first kappa shape index (κ1) is 26.5. The summed E-state index contributed by atoms with van der Waals surface area (Å²) in [4.78, 5) is 37.9. The van der Waals surface area contributed by atoms with E-state index in [4.69, 9.17) is 10.5 Å². The van der Waals surface area contributed by atoms with Crippen LogP contribution in [0.3, 0.4) is 0 Å². The summed E-state index contributed by atoms with van der Waals surface area (Å²) < 4.78 is 5.08. The average molecular weight is 405 g/mol. The topological polar surface area (TPSA) is 99.3 Å². The van der Waals surface area contributed by atoms with E-state index in [2.05, 4.69) is 11.6 Å². The minimum Gasteiger partial charge on any atom is -0.460 e. The van der Waals surface area contributed by atoms with Crippen molar-refractivity contribution in [3.8, 4) is 0 Å². The monoisotopic (exact) mass is 404 g/mol. The fraction of sp³-hybridized carbons (Fsp3) is 0.565. The summed E-state index contributed by atoms with van der Waals surface area (Å²) in [5.74, 6) is -0.832. The third-order valence-electron chi connectivity index (χ3n) is 4.05. The third kappa shape index (κ3) is 10.6. The van der Waals surface area contributed by atoms with Gasteiger partial charge in [0.2, 0.25) is 5.91 Å². The van der Waals surface area contributed by atoms with Gasteiger partial charge in [0, 0.05) is 24.5 Å². The van der Waals surface area contributed by atoms with E-state index in [0.29, 0.717) is 12.1 Å². The van der Waals surface area contributed by atoms with E-state index >= 15 is 0 Å². The highest BCUT2D eigenvalue weighted by Gasteiger charge is 2.18. The minimum absolute atomic E-state index is 0.00242. The van der Waals surface area contributed by atoms with Crippen molar-refractivity contribution in [3.63, 3.8) is 0 Å². The van der Waals surface area contributed by atoms with Crippen LogP contribution < -0.4 is 5.73 Å². The van der Waals surface area contributed by atoms with Gasteiger partial charge in [0.15, 0.2) is 5.78 Å². The number of ether oxygens (including phenoxy) is 1. The molecule has 0 radical (unpaired) electrons. The first-order valence-corrected chi connectivity index (χ1v) is 9.99. The van der Waals surface area contributed by atoms with Gasteiger partial charge in [-0.25, -0.2) is 0 Å². The minimum atomic E-state index is -0.465. The summed E-state index contributed by atoms with van der Waals surface area (Å²) in [6.45, 7) is 16.6. The second-order valence-corrected chi connectivity index (χ2v) is 8.28. The van der Waals surface area contributed by atoms with Crippen molar-refractivity contribution < 1.29 is 19.1 Å². The number of Topliss-reactive ketones (excluding diaryl/α,β-unsaturated/α-hetero) is 1. The molecule has 0 aliphatic heterocycles. The highest BCUT2D eigenvalue weighted by atomic mass is 16.6. The maximum Gasteiger partial charge on any atom is 0.306 e. The Bertz CT molecular complexity index is 718. The zero-order valence-corrected chi connectivity index (χ0v) is 18.9. The SMILES string of the molecule is C=Cc1cnc(C(=O)C(C)C)c(CC)c1.CC(CCC(=O)OC(C)(C)C)C(N)=O. The second kappa shape index (κ2) is 12.1. The molecule has 29 heavy (non-hydrogen) atoms. The molecule has 1 aromatic rings. The Morgan fingerprint density at radius 2 is 1.83 bits per heavy atom. The Labute approximate surface area is 174 Å². The second-order valence-electron chi connectivity index (χ2n) is 8.28. The summed E-state index contributed by atoms with van der Waals surface area (Å²) in [5, 5.41) is 0. The molecule has 0 spiro atoms. The van der Waals surface area contributed by atoms with Gasteiger partial charge in [-0.05, 0) is 50.8 Å². The molecular weight excluding hydrogens is 368 g/mol. The number of ketones is 1. The number of hydrogen-bond donors (Lipinski definition) is 1. The summed E-state index contributed by atoms with van der Waals surface area (Å²) in [6.07, 6.45) is 4.95. The molecular formula is C23H36N2O4. The predicted octanol–water partition coefficient (Wildman–Crippen LogP) is 4.36. The number of aryl methyl sites for hydroxylation is 1. The molecule has 1 rings (SSSR count). The highest BCUT2D eigenvalue weighted by molar-refractivity contribution is 5.97. The summed E-state index contributed by atoms with van der Waals surface area (Å²) >= 11 is 0. The van der Waals surface area contributed by atoms with Gasteiger partial charge in [0.25, 0.3) is 0 Å². The lowest BCUT2D eigenvalue weighted by Crippen LogP contribution is -2.25. The predicted molar refractivity (Wildman–Crippen MR) is 116 cm³/mol. The van der Waals surface area contributed by atoms with Crippen LogP contribution in [0.25, 0.3) is 6.08 Å². The van der Waals surface area contributed by atoms with Crippen LogP contribution in [0.15, 0.2) is 18.8 Å². The van der Waals surface area contributed by atoms with Gasteiger partial charge in [-0.2, -0.15) is 0 Å². The lowest BCUT2D eigenvalue weighted by Gasteiger charge is -2.19. The normalized spacial score (nSPS) is 11.9. The van der Waals surface area contributed by atoms with Gasteiger partial charge < -0.3 is 10.5 Å². The number of carbonyl (C=O) groups excluding carboxylic acids is 3. The first-order valence-electron chi connectivity index (χ1n) is 9.99. The van der Waals surface area contributed by atoms with Crippen LogP contribution in [0.1, 0.15) is 82.9 Å². The number of esters is 1. The molecule has 6 nitrogen and oxygen atoms in total. The molecule has 0 aromatic carbocycles. The van der Waals surface area contributed by atoms with Gasteiger partial charge in [0.05, 0.1) is 0 Å². The fourth-order valence-corrected chi connectivity index (χ4v) is 2.27. The molecule has 2 N–H and O–H groups in total. The van der Waals surface area contributed by atoms with Crippen molar-refractivity contribution in [2.24, 2.45) is 17.6 Å². The number of primary amides is 1. The molecule has 1 unspecified atom stereocenters. The quantitative estimate of drug-likeness (QED) is 0.513. The van der Waals surface area contributed by atoms with E-state index in [-0.39, 0.29) is 35.9 Å². The van der Waals surface area contributed by atoms with E-state index < -0.39 is 5.60 Å².